The Morgan fingerprint density at radius 1 is 1.18 bits per heavy atom. The van der Waals surface area contributed by atoms with E-state index in [-0.39, 0.29) is 5.95 Å². The van der Waals surface area contributed by atoms with Crippen molar-refractivity contribution in [3.63, 3.8) is 0 Å². The first-order chi connectivity index (χ1) is 8.15. The molecule has 0 aliphatic heterocycles. The van der Waals surface area contributed by atoms with Gasteiger partial charge in [0.05, 0.1) is 0 Å². The van der Waals surface area contributed by atoms with E-state index in [1.807, 2.05) is 0 Å². The molecule has 2 rings (SSSR count). The van der Waals surface area contributed by atoms with Crippen molar-refractivity contribution in [1.29, 1.82) is 0 Å². The van der Waals surface area contributed by atoms with Gasteiger partial charge in [-0.2, -0.15) is 4.98 Å². The molecule has 6 nitrogen and oxygen atoms in total. The lowest BCUT2D eigenvalue weighted by Crippen LogP contribution is -2.10. The molecule has 6 heteroatoms. The van der Waals surface area contributed by atoms with Gasteiger partial charge < -0.3 is 16.8 Å². The number of nitrogens with one attached hydrogen (secondary N) is 1. The van der Waals surface area contributed by atoms with Crippen LogP contribution in [0.2, 0.25) is 0 Å². The lowest BCUT2D eigenvalue weighted by atomic mass is 10.2. The number of primary amides is 1. The summed E-state index contributed by atoms with van der Waals surface area (Å²) in [7, 11) is 0. The zero-order chi connectivity index (χ0) is 12.3. The first kappa shape index (κ1) is 10.9. The van der Waals surface area contributed by atoms with Crippen LogP contribution in [-0.2, 0) is 0 Å². The standard InChI is InChI=1S/C11H11N5O/c12-10(17)7-1-3-8(4-2-7)15-9-5-6-14-11(13)16-9/h1-6H,(H2,12,17)(H3,13,14,15,16). The van der Waals surface area contributed by atoms with Gasteiger partial charge in [0, 0.05) is 17.4 Å². The van der Waals surface area contributed by atoms with Gasteiger partial charge in [-0.3, -0.25) is 4.79 Å². The van der Waals surface area contributed by atoms with Crippen LogP contribution in [0.1, 0.15) is 10.4 Å². The maximum Gasteiger partial charge on any atom is 0.248 e. The molecule has 0 aliphatic carbocycles. The van der Waals surface area contributed by atoms with E-state index in [0.29, 0.717) is 11.4 Å². The van der Waals surface area contributed by atoms with Crippen molar-refractivity contribution >= 4 is 23.4 Å². The number of carbonyl (C=O) groups excluding carboxylic acids is 1. The predicted molar refractivity (Wildman–Crippen MR) is 64.7 cm³/mol. The highest BCUT2D eigenvalue weighted by molar-refractivity contribution is 5.93. The normalized spacial score (nSPS) is 9.88. The number of amides is 1. The van der Waals surface area contributed by atoms with Crippen LogP contribution in [0.3, 0.4) is 0 Å². The zero-order valence-corrected chi connectivity index (χ0v) is 8.92. The van der Waals surface area contributed by atoms with E-state index in [4.69, 9.17) is 11.5 Å². The van der Waals surface area contributed by atoms with Crippen LogP contribution in [0.5, 0.6) is 0 Å². The van der Waals surface area contributed by atoms with Gasteiger partial charge in [-0.15, -0.1) is 0 Å². The molecule has 17 heavy (non-hydrogen) atoms. The number of benzene rings is 1. The maximum absolute atomic E-state index is 10.9. The summed E-state index contributed by atoms with van der Waals surface area (Å²) in [6.07, 6.45) is 1.56. The Morgan fingerprint density at radius 2 is 1.88 bits per heavy atom. The molecule has 0 spiro atoms. The smallest absolute Gasteiger partial charge is 0.248 e. The molecule has 0 aliphatic rings. The summed E-state index contributed by atoms with van der Waals surface area (Å²) in [5, 5.41) is 3.03. The molecule has 1 heterocycles. The largest absolute Gasteiger partial charge is 0.368 e. The second-order valence-corrected chi connectivity index (χ2v) is 3.37. The van der Waals surface area contributed by atoms with Crippen LogP contribution >= 0.6 is 0 Å². The third kappa shape index (κ3) is 2.69. The first-order valence-corrected chi connectivity index (χ1v) is 4.90. The van der Waals surface area contributed by atoms with Gasteiger partial charge in [0.2, 0.25) is 11.9 Å². The molecule has 0 unspecified atom stereocenters. The molecule has 2 aromatic rings. The third-order valence-corrected chi connectivity index (χ3v) is 2.12. The van der Waals surface area contributed by atoms with Crippen molar-refractivity contribution in [2.75, 3.05) is 11.1 Å². The van der Waals surface area contributed by atoms with Crippen LogP contribution in [0.15, 0.2) is 36.5 Å². The maximum atomic E-state index is 10.9. The van der Waals surface area contributed by atoms with E-state index >= 15 is 0 Å². The monoisotopic (exact) mass is 229 g/mol. The average molecular weight is 229 g/mol. The van der Waals surface area contributed by atoms with Gasteiger partial charge in [-0.25, -0.2) is 4.98 Å². The Hall–Kier alpha value is -2.63. The van der Waals surface area contributed by atoms with Crippen molar-refractivity contribution in [3.05, 3.63) is 42.1 Å². The molecule has 0 saturated carbocycles. The molecule has 1 aromatic carbocycles. The molecular weight excluding hydrogens is 218 g/mol. The van der Waals surface area contributed by atoms with Crippen molar-refractivity contribution in [1.82, 2.24) is 9.97 Å². The summed E-state index contributed by atoms with van der Waals surface area (Å²) in [6.45, 7) is 0. The van der Waals surface area contributed by atoms with E-state index in [9.17, 15) is 4.79 Å². The molecule has 1 aromatic heterocycles. The zero-order valence-electron chi connectivity index (χ0n) is 8.92. The van der Waals surface area contributed by atoms with E-state index < -0.39 is 5.91 Å². The molecule has 1 amide bonds. The van der Waals surface area contributed by atoms with Crippen LogP contribution in [0, 0.1) is 0 Å². The summed E-state index contributed by atoms with van der Waals surface area (Å²) >= 11 is 0. The Kier molecular flexibility index (Phi) is 2.87. The number of nitrogens with two attached hydrogens (primary N) is 2. The van der Waals surface area contributed by atoms with Gasteiger partial charge in [-0.1, -0.05) is 0 Å². The quantitative estimate of drug-likeness (QED) is 0.724. The van der Waals surface area contributed by atoms with E-state index in [1.54, 1.807) is 36.5 Å². The van der Waals surface area contributed by atoms with Gasteiger partial charge in [-0.05, 0) is 30.3 Å². The van der Waals surface area contributed by atoms with Crippen LogP contribution < -0.4 is 16.8 Å². The molecule has 0 radical (unpaired) electrons. The molecule has 5 N–H and O–H groups in total. The summed E-state index contributed by atoms with van der Waals surface area (Å²) in [5.41, 5.74) is 11.8. The van der Waals surface area contributed by atoms with Gasteiger partial charge in [0.25, 0.3) is 0 Å². The number of aromatic nitrogens is 2. The van der Waals surface area contributed by atoms with E-state index in [2.05, 4.69) is 15.3 Å². The number of anilines is 3. The molecule has 0 bridgehead atoms. The number of hydrogen-bond acceptors (Lipinski definition) is 5. The minimum absolute atomic E-state index is 0.198. The first-order valence-electron chi connectivity index (χ1n) is 4.90. The van der Waals surface area contributed by atoms with Crippen molar-refractivity contribution < 1.29 is 4.79 Å². The second-order valence-electron chi connectivity index (χ2n) is 3.37. The Balaban J connectivity index is 2.16. The Morgan fingerprint density at radius 3 is 2.47 bits per heavy atom. The Labute approximate surface area is 97.7 Å². The lowest BCUT2D eigenvalue weighted by molar-refractivity contribution is 0.100. The molecular formula is C11H11N5O. The topological polar surface area (TPSA) is 107 Å². The summed E-state index contributed by atoms with van der Waals surface area (Å²) in [4.78, 5) is 18.7. The summed E-state index contributed by atoms with van der Waals surface area (Å²) < 4.78 is 0. The summed E-state index contributed by atoms with van der Waals surface area (Å²) in [6, 6.07) is 8.43. The molecule has 86 valence electrons. The highest BCUT2D eigenvalue weighted by atomic mass is 16.1. The van der Waals surface area contributed by atoms with Crippen molar-refractivity contribution in [2.24, 2.45) is 5.73 Å². The fourth-order valence-electron chi connectivity index (χ4n) is 1.31. The second kappa shape index (κ2) is 4.48. The van der Waals surface area contributed by atoms with Gasteiger partial charge in [0.15, 0.2) is 0 Å². The van der Waals surface area contributed by atoms with Crippen molar-refractivity contribution in [3.8, 4) is 0 Å². The highest BCUT2D eigenvalue weighted by Crippen LogP contribution is 2.15. The van der Waals surface area contributed by atoms with E-state index in [0.717, 1.165) is 5.69 Å². The van der Waals surface area contributed by atoms with Crippen LogP contribution in [0.4, 0.5) is 17.5 Å². The fourth-order valence-corrected chi connectivity index (χ4v) is 1.31. The van der Waals surface area contributed by atoms with Gasteiger partial charge >= 0.3 is 0 Å². The SMILES string of the molecule is NC(=O)c1ccc(Nc2ccnc(N)n2)cc1. The number of rotatable bonds is 3. The van der Waals surface area contributed by atoms with Gasteiger partial charge in [0.1, 0.15) is 5.82 Å². The number of nitrogen functional groups attached to an aromatic ring is 1. The van der Waals surface area contributed by atoms with Crippen LogP contribution in [0.25, 0.3) is 0 Å². The summed E-state index contributed by atoms with van der Waals surface area (Å²) in [5.74, 6) is 0.330. The van der Waals surface area contributed by atoms with Crippen LogP contribution in [-0.4, -0.2) is 15.9 Å². The predicted octanol–water partition coefficient (Wildman–Crippen LogP) is 0.901. The number of hydrogen-bond donors (Lipinski definition) is 3. The average Bonchev–Trinajstić information content (AvgIpc) is 2.29. The lowest BCUT2D eigenvalue weighted by Gasteiger charge is -2.05. The number of nitrogens with zero attached hydrogens (tertiary/aromatic N) is 2. The molecule has 0 atom stereocenters. The van der Waals surface area contributed by atoms with Crippen molar-refractivity contribution in [2.45, 2.75) is 0 Å². The molecule has 0 fully saturated rings. The third-order valence-electron chi connectivity index (χ3n) is 2.12. The minimum atomic E-state index is -0.456. The molecule has 0 saturated heterocycles. The fraction of sp³-hybridized carbons (Fsp3) is 0. The minimum Gasteiger partial charge on any atom is -0.368 e. The van der Waals surface area contributed by atoms with E-state index in [1.165, 1.54) is 0 Å². The Bertz CT molecular complexity index is 538. The number of carbonyl (C=O) groups is 1. The highest BCUT2D eigenvalue weighted by Gasteiger charge is 2.00.